The van der Waals surface area contributed by atoms with Crippen molar-refractivity contribution in [2.45, 2.75) is 13.0 Å². The van der Waals surface area contributed by atoms with E-state index in [0.717, 1.165) is 5.65 Å². The number of hydrogen-bond donors (Lipinski definition) is 2. The predicted octanol–water partition coefficient (Wildman–Crippen LogP) is 0.597. The lowest BCUT2D eigenvalue weighted by Crippen LogP contribution is -2.26. The van der Waals surface area contributed by atoms with Gasteiger partial charge in [-0.15, -0.1) is 10.2 Å². The van der Waals surface area contributed by atoms with E-state index in [1.165, 1.54) is 11.3 Å². The van der Waals surface area contributed by atoms with E-state index in [4.69, 9.17) is 5.73 Å². The van der Waals surface area contributed by atoms with Crippen molar-refractivity contribution < 1.29 is 4.79 Å². The summed E-state index contributed by atoms with van der Waals surface area (Å²) in [6.07, 6.45) is 5.18. The first kappa shape index (κ1) is 12.6. The van der Waals surface area contributed by atoms with E-state index in [1.807, 2.05) is 24.7 Å². The Kier molecular flexibility index (Phi) is 2.90. The summed E-state index contributed by atoms with van der Waals surface area (Å²) in [5.74, 6) is -0.205. The van der Waals surface area contributed by atoms with Gasteiger partial charge in [0.25, 0.3) is 5.91 Å². The fourth-order valence-corrected chi connectivity index (χ4v) is 2.58. The van der Waals surface area contributed by atoms with Gasteiger partial charge < -0.3 is 15.6 Å². The van der Waals surface area contributed by atoms with Crippen LogP contribution in [-0.2, 0) is 7.05 Å². The SMILES string of the molecule is C[C@@H](NC(=O)c1cnn2ccn(C)c12)c1nnc(N)s1. The molecule has 0 aliphatic heterocycles. The lowest BCUT2D eigenvalue weighted by molar-refractivity contribution is 0.0941. The number of hydrogen-bond acceptors (Lipinski definition) is 6. The molecule has 0 spiro atoms. The summed E-state index contributed by atoms with van der Waals surface area (Å²) in [5, 5.41) is 15.7. The van der Waals surface area contributed by atoms with Gasteiger partial charge in [-0.05, 0) is 6.92 Å². The summed E-state index contributed by atoms with van der Waals surface area (Å²) in [4.78, 5) is 12.3. The molecule has 0 bridgehead atoms. The Morgan fingerprint density at radius 2 is 2.25 bits per heavy atom. The molecule has 8 nitrogen and oxygen atoms in total. The molecular formula is C11H13N7OS. The lowest BCUT2D eigenvalue weighted by Gasteiger charge is -2.09. The van der Waals surface area contributed by atoms with Crippen molar-refractivity contribution >= 4 is 28.0 Å². The molecular weight excluding hydrogens is 278 g/mol. The lowest BCUT2D eigenvalue weighted by atomic mass is 10.3. The maximum Gasteiger partial charge on any atom is 0.257 e. The smallest absolute Gasteiger partial charge is 0.257 e. The molecule has 3 N–H and O–H groups in total. The Morgan fingerprint density at radius 1 is 1.45 bits per heavy atom. The molecule has 0 aromatic carbocycles. The normalized spacial score (nSPS) is 12.7. The maximum atomic E-state index is 12.3. The average molecular weight is 291 g/mol. The van der Waals surface area contributed by atoms with Crippen molar-refractivity contribution in [2.24, 2.45) is 7.05 Å². The number of carbonyl (C=O) groups is 1. The summed E-state index contributed by atoms with van der Waals surface area (Å²) in [5.41, 5.74) is 6.80. The monoisotopic (exact) mass is 291 g/mol. The highest BCUT2D eigenvalue weighted by Crippen LogP contribution is 2.20. The van der Waals surface area contributed by atoms with E-state index in [-0.39, 0.29) is 11.9 Å². The zero-order valence-electron chi connectivity index (χ0n) is 10.9. The number of aromatic nitrogens is 5. The Morgan fingerprint density at radius 3 is 2.95 bits per heavy atom. The molecule has 3 aromatic heterocycles. The Balaban J connectivity index is 1.84. The summed E-state index contributed by atoms with van der Waals surface area (Å²) in [7, 11) is 1.86. The minimum absolute atomic E-state index is 0.205. The number of nitrogens with zero attached hydrogens (tertiary/aromatic N) is 5. The van der Waals surface area contributed by atoms with E-state index in [1.54, 1.807) is 16.9 Å². The first-order chi connectivity index (χ1) is 9.56. The number of rotatable bonds is 3. The minimum Gasteiger partial charge on any atom is -0.374 e. The second kappa shape index (κ2) is 4.60. The largest absolute Gasteiger partial charge is 0.374 e. The van der Waals surface area contributed by atoms with Crippen LogP contribution in [0.3, 0.4) is 0 Å². The molecule has 9 heteroatoms. The molecule has 3 rings (SSSR count). The van der Waals surface area contributed by atoms with E-state index >= 15 is 0 Å². The number of carbonyl (C=O) groups excluding carboxylic acids is 1. The summed E-state index contributed by atoms with van der Waals surface area (Å²) in [6.45, 7) is 1.84. The molecule has 1 amide bonds. The van der Waals surface area contributed by atoms with E-state index in [2.05, 4.69) is 20.6 Å². The Labute approximate surface area is 118 Å². The highest BCUT2D eigenvalue weighted by Gasteiger charge is 2.19. The predicted molar refractivity (Wildman–Crippen MR) is 74.4 cm³/mol. The number of imidazole rings is 1. The van der Waals surface area contributed by atoms with Crippen LogP contribution in [0.2, 0.25) is 0 Å². The third-order valence-electron chi connectivity index (χ3n) is 2.95. The maximum absolute atomic E-state index is 12.3. The third kappa shape index (κ3) is 2.01. The molecule has 3 aromatic rings. The number of nitrogen functional groups attached to an aromatic ring is 1. The molecule has 0 unspecified atom stereocenters. The average Bonchev–Trinajstić information content (AvgIpc) is 3.07. The highest BCUT2D eigenvalue weighted by molar-refractivity contribution is 7.15. The minimum atomic E-state index is -0.257. The first-order valence-electron chi connectivity index (χ1n) is 5.94. The van der Waals surface area contributed by atoms with Gasteiger partial charge in [0.2, 0.25) is 5.13 Å². The van der Waals surface area contributed by atoms with E-state index in [9.17, 15) is 4.79 Å². The van der Waals surface area contributed by atoms with Crippen molar-refractivity contribution in [3.63, 3.8) is 0 Å². The zero-order chi connectivity index (χ0) is 14.3. The van der Waals surface area contributed by atoms with Gasteiger partial charge in [-0.2, -0.15) is 5.10 Å². The molecule has 104 valence electrons. The van der Waals surface area contributed by atoms with Gasteiger partial charge >= 0.3 is 0 Å². The zero-order valence-corrected chi connectivity index (χ0v) is 11.8. The van der Waals surface area contributed by atoms with E-state index < -0.39 is 0 Å². The fraction of sp³-hybridized carbons (Fsp3) is 0.273. The number of anilines is 1. The first-order valence-corrected chi connectivity index (χ1v) is 6.76. The summed E-state index contributed by atoms with van der Waals surface area (Å²) < 4.78 is 3.50. The van der Waals surface area contributed by atoms with Gasteiger partial charge in [0.05, 0.1) is 12.2 Å². The van der Waals surface area contributed by atoms with Crippen LogP contribution in [0.5, 0.6) is 0 Å². The number of nitrogens with two attached hydrogens (primary N) is 1. The summed E-state index contributed by atoms with van der Waals surface area (Å²) >= 11 is 1.26. The molecule has 0 aliphatic rings. The molecule has 0 aliphatic carbocycles. The molecule has 0 radical (unpaired) electrons. The number of fused-ring (bicyclic) bond motifs is 1. The van der Waals surface area contributed by atoms with Crippen LogP contribution in [0, 0.1) is 0 Å². The Hall–Kier alpha value is -2.42. The molecule has 0 fully saturated rings. The van der Waals surface area contributed by atoms with Crippen molar-refractivity contribution in [1.82, 2.24) is 29.7 Å². The van der Waals surface area contributed by atoms with Crippen LogP contribution in [0.1, 0.15) is 28.3 Å². The van der Waals surface area contributed by atoms with Crippen molar-refractivity contribution in [3.05, 3.63) is 29.2 Å². The van der Waals surface area contributed by atoms with Crippen LogP contribution in [0.4, 0.5) is 5.13 Å². The van der Waals surface area contributed by atoms with Crippen LogP contribution in [-0.4, -0.2) is 30.3 Å². The van der Waals surface area contributed by atoms with Crippen LogP contribution < -0.4 is 11.1 Å². The number of amides is 1. The van der Waals surface area contributed by atoms with Gasteiger partial charge in [-0.3, -0.25) is 4.79 Å². The quantitative estimate of drug-likeness (QED) is 0.735. The van der Waals surface area contributed by atoms with Gasteiger partial charge in [-0.1, -0.05) is 11.3 Å². The fourth-order valence-electron chi connectivity index (χ4n) is 1.97. The second-order valence-corrected chi connectivity index (χ2v) is 5.45. The molecule has 0 saturated carbocycles. The summed E-state index contributed by atoms with van der Waals surface area (Å²) in [6, 6.07) is -0.257. The topological polar surface area (TPSA) is 103 Å². The second-order valence-electron chi connectivity index (χ2n) is 4.41. The van der Waals surface area contributed by atoms with Crippen LogP contribution >= 0.6 is 11.3 Å². The molecule has 20 heavy (non-hydrogen) atoms. The van der Waals surface area contributed by atoms with Crippen molar-refractivity contribution in [1.29, 1.82) is 0 Å². The number of nitrogens with one attached hydrogen (secondary N) is 1. The molecule has 3 heterocycles. The molecule has 1 atom stereocenters. The highest BCUT2D eigenvalue weighted by atomic mass is 32.1. The third-order valence-corrected chi connectivity index (χ3v) is 3.89. The van der Waals surface area contributed by atoms with Gasteiger partial charge in [0.15, 0.2) is 0 Å². The van der Waals surface area contributed by atoms with Gasteiger partial charge in [-0.25, -0.2) is 4.52 Å². The van der Waals surface area contributed by atoms with E-state index in [0.29, 0.717) is 15.7 Å². The van der Waals surface area contributed by atoms with Gasteiger partial charge in [0, 0.05) is 19.4 Å². The Bertz CT molecular complexity index is 771. The van der Waals surface area contributed by atoms with Gasteiger partial charge in [0.1, 0.15) is 16.2 Å². The number of aryl methyl sites for hydroxylation is 1. The van der Waals surface area contributed by atoms with Crippen molar-refractivity contribution in [2.75, 3.05) is 5.73 Å². The van der Waals surface area contributed by atoms with Crippen LogP contribution in [0.15, 0.2) is 18.6 Å². The standard InChI is InChI=1S/C11H13N7OS/c1-6(9-15-16-11(12)20-9)14-8(19)7-5-13-18-4-3-17(2)10(7)18/h3-6H,1-2H3,(H2,12,16)(H,14,19)/t6-/m1/s1. The van der Waals surface area contributed by atoms with Crippen LogP contribution in [0.25, 0.3) is 5.65 Å². The van der Waals surface area contributed by atoms with Crippen molar-refractivity contribution in [3.8, 4) is 0 Å². The molecule has 0 saturated heterocycles.